The third-order valence-electron chi connectivity index (χ3n) is 1.35. The topological polar surface area (TPSA) is 57.5 Å². The number of aliphatic hydroxyl groups excluding tert-OH is 1. The van der Waals surface area contributed by atoms with Crippen LogP contribution < -0.4 is 0 Å². The van der Waals surface area contributed by atoms with Gasteiger partial charge in [-0.25, -0.2) is 4.79 Å². The molecule has 0 saturated heterocycles. The maximum Gasteiger partial charge on any atom is 0.330 e. The van der Waals surface area contributed by atoms with E-state index in [2.05, 4.69) is 12.7 Å². The highest BCUT2D eigenvalue weighted by molar-refractivity contribution is 5.84. The molecule has 0 aromatic rings. The van der Waals surface area contributed by atoms with Crippen molar-refractivity contribution in [3.63, 3.8) is 0 Å². The summed E-state index contributed by atoms with van der Waals surface area (Å²) in [5.41, 5.74) is 0.176. The summed E-state index contributed by atoms with van der Waals surface area (Å²) in [5.74, 6) is -0.935. The molecule has 0 rings (SSSR count). The Hall–Kier alpha value is -1.09. The van der Waals surface area contributed by atoms with Crippen LogP contribution in [0.2, 0.25) is 0 Å². The molecule has 3 nitrogen and oxygen atoms in total. The molecule has 0 aliphatic rings. The second-order valence-electron chi connectivity index (χ2n) is 3.08. The molecule has 82 valence electrons. The number of carboxylic acids is 1. The van der Waals surface area contributed by atoms with Gasteiger partial charge in [-0.1, -0.05) is 18.7 Å². The van der Waals surface area contributed by atoms with Gasteiger partial charge in [0.15, 0.2) is 0 Å². The molecule has 0 aliphatic carbocycles. The lowest BCUT2D eigenvalue weighted by molar-refractivity contribution is -0.132. The Morgan fingerprint density at radius 1 is 1.57 bits per heavy atom. The fourth-order valence-electron chi connectivity index (χ4n) is 0.504. The van der Waals surface area contributed by atoms with Crippen molar-refractivity contribution in [3.05, 3.63) is 24.3 Å². The standard InChI is InChI=1S/C7H14O.C4H6O2/c1-3-4-5-6-7(2)8;1-3(2)4(5)6/h3-4,7-8H,5-6H2,1-2H3;1H2,2H3,(H,5,6). The van der Waals surface area contributed by atoms with E-state index >= 15 is 0 Å². The molecule has 0 aromatic carbocycles. The molecule has 0 amide bonds. The highest BCUT2D eigenvalue weighted by Gasteiger charge is 1.90. The van der Waals surface area contributed by atoms with Crippen LogP contribution >= 0.6 is 0 Å². The van der Waals surface area contributed by atoms with E-state index < -0.39 is 5.97 Å². The Balaban J connectivity index is 0. The van der Waals surface area contributed by atoms with Crippen molar-refractivity contribution in [3.8, 4) is 0 Å². The highest BCUT2D eigenvalue weighted by atomic mass is 16.4. The first-order chi connectivity index (χ1) is 6.41. The van der Waals surface area contributed by atoms with Crippen LogP contribution in [0.3, 0.4) is 0 Å². The van der Waals surface area contributed by atoms with Crippen LogP contribution in [0.15, 0.2) is 24.3 Å². The molecule has 1 atom stereocenters. The Morgan fingerprint density at radius 2 is 2.00 bits per heavy atom. The van der Waals surface area contributed by atoms with Crippen LogP contribution in [-0.4, -0.2) is 22.3 Å². The van der Waals surface area contributed by atoms with Crippen molar-refractivity contribution >= 4 is 5.97 Å². The third-order valence-corrected chi connectivity index (χ3v) is 1.35. The molecule has 0 fully saturated rings. The van der Waals surface area contributed by atoms with Gasteiger partial charge < -0.3 is 10.2 Å². The van der Waals surface area contributed by atoms with Gasteiger partial charge >= 0.3 is 5.97 Å². The fourth-order valence-corrected chi connectivity index (χ4v) is 0.504. The smallest absolute Gasteiger partial charge is 0.330 e. The van der Waals surface area contributed by atoms with Crippen LogP contribution in [0.4, 0.5) is 0 Å². The van der Waals surface area contributed by atoms with Crippen LogP contribution in [0.5, 0.6) is 0 Å². The Morgan fingerprint density at radius 3 is 2.21 bits per heavy atom. The molecule has 0 bridgehead atoms. The highest BCUT2D eigenvalue weighted by Crippen LogP contribution is 1.95. The first kappa shape index (κ1) is 15.4. The molecule has 0 heterocycles. The molecular weight excluding hydrogens is 180 g/mol. The van der Waals surface area contributed by atoms with Gasteiger partial charge in [0.2, 0.25) is 0 Å². The normalized spacial score (nSPS) is 11.7. The van der Waals surface area contributed by atoms with E-state index in [1.165, 1.54) is 6.92 Å². The predicted molar refractivity (Wildman–Crippen MR) is 58.2 cm³/mol. The van der Waals surface area contributed by atoms with Gasteiger partial charge in [-0.2, -0.15) is 0 Å². The number of hydrogen-bond acceptors (Lipinski definition) is 2. The third kappa shape index (κ3) is 17.1. The first-order valence-electron chi connectivity index (χ1n) is 4.59. The quantitative estimate of drug-likeness (QED) is 0.541. The summed E-state index contributed by atoms with van der Waals surface area (Å²) in [4.78, 5) is 9.60. The number of aliphatic hydroxyl groups is 1. The molecule has 2 N–H and O–H groups in total. The minimum Gasteiger partial charge on any atom is -0.478 e. The number of aliphatic carboxylic acids is 1. The Kier molecular flexibility index (Phi) is 11.0. The van der Waals surface area contributed by atoms with Crippen LogP contribution in [0, 0.1) is 0 Å². The van der Waals surface area contributed by atoms with Gasteiger partial charge in [-0.3, -0.25) is 0 Å². The van der Waals surface area contributed by atoms with Gasteiger partial charge in [-0.15, -0.1) is 0 Å². The minimum atomic E-state index is -0.935. The number of carboxylic acid groups (broad SMARTS) is 1. The number of carbonyl (C=O) groups is 1. The zero-order valence-electron chi connectivity index (χ0n) is 9.16. The first-order valence-corrected chi connectivity index (χ1v) is 4.59. The largest absolute Gasteiger partial charge is 0.478 e. The number of rotatable bonds is 4. The zero-order chi connectivity index (χ0) is 11.6. The lowest BCUT2D eigenvalue weighted by Gasteiger charge is -1.97. The Bertz CT molecular complexity index is 181. The maximum atomic E-state index is 9.60. The molecule has 1 unspecified atom stereocenters. The SMILES string of the molecule is C=C(C)C(=O)O.CC=CCCC(C)O. The van der Waals surface area contributed by atoms with Gasteiger partial charge in [0.25, 0.3) is 0 Å². The summed E-state index contributed by atoms with van der Waals surface area (Å²) in [6, 6.07) is 0. The van der Waals surface area contributed by atoms with Gasteiger partial charge in [0.1, 0.15) is 0 Å². The van der Waals surface area contributed by atoms with Crippen molar-refractivity contribution in [2.24, 2.45) is 0 Å². The van der Waals surface area contributed by atoms with E-state index in [1.54, 1.807) is 0 Å². The summed E-state index contributed by atoms with van der Waals surface area (Å²) in [7, 11) is 0. The van der Waals surface area contributed by atoms with Crippen molar-refractivity contribution in [1.29, 1.82) is 0 Å². The average Bonchev–Trinajstić information content (AvgIpc) is 2.05. The molecule has 0 radical (unpaired) electrons. The van der Waals surface area contributed by atoms with Crippen LogP contribution in [0.25, 0.3) is 0 Å². The van der Waals surface area contributed by atoms with Gasteiger partial charge in [0, 0.05) is 5.57 Å². The molecule has 0 aromatic heterocycles. The van der Waals surface area contributed by atoms with Gasteiger partial charge in [0.05, 0.1) is 6.10 Å². The predicted octanol–water partition coefficient (Wildman–Crippen LogP) is 2.37. The molecule has 14 heavy (non-hydrogen) atoms. The van der Waals surface area contributed by atoms with Crippen molar-refractivity contribution in [2.75, 3.05) is 0 Å². The number of allylic oxidation sites excluding steroid dienone is 2. The van der Waals surface area contributed by atoms with E-state index in [1.807, 2.05) is 19.9 Å². The lowest BCUT2D eigenvalue weighted by atomic mass is 10.2. The van der Waals surface area contributed by atoms with Crippen LogP contribution in [-0.2, 0) is 4.79 Å². The summed E-state index contributed by atoms with van der Waals surface area (Å²) in [6.07, 6.45) is 5.79. The van der Waals surface area contributed by atoms with E-state index in [0.717, 1.165) is 12.8 Å². The van der Waals surface area contributed by atoms with Crippen molar-refractivity contribution < 1.29 is 15.0 Å². The van der Waals surface area contributed by atoms with E-state index in [0.29, 0.717) is 0 Å². The van der Waals surface area contributed by atoms with Crippen molar-refractivity contribution in [2.45, 2.75) is 39.7 Å². The maximum absolute atomic E-state index is 9.60. The second kappa shape index (κ2) is 9.99. The lowest BCUT2D eigenvalue weighted by Crippen LogP contribution is -1.96. The van der Waals surface area contributed by atoms with E-state index in [4.69, 9.17) is 10.2 Å². The molecule has 3 heteroatoms. The number of hydrogen-bond donors (Lipinski definition) is 2. The molecular formula is C11H20O3. The second-order valence-corrected chi connectivity index (χ2v) is 3.08. The van der Waals surface area contributed by atoms with Crippen LogP contribution in [0.1, 0.15) is 33.6 Å². The van der Waals surface area contributed by atoms with E-state index in [-0.39, 0.29) is 11.7 Å². The average molecular weight is 200 g/mol. The minimum absolute atomic E-state index is 0.147. The molecule has 0 saturated carbocycles. The monoisotopic (exact) mass is 200 g/mol. The Labute approximate surface area is 85.8 Å². The summed E-state index contributed by atoms with van der Waals surface area (Å²) < 4.78 is 0. The van der Waals surface area contributed by atoms with Crippen molar-refractivity contribution in [1.82, 2.24) is 0 Å². The van der Waals surface area contributed by atoms with Gasteiger partial charge in [-0.05, 0) is 33.6 Å². The summed E-state index contributed by atoms with van der Waals surface area (Å²) in [5, 5.41) is 16.6. The van der Waals surface area contributed by atoms with E-state index in [9.17, 15) is 4.79 Å². The summed E-state index contributed by atoms with van der Waals surface area (Å²) >= 11 is 0. The molecule has 0 spiro atoms. The fraction of sp³-hybridized carbons (Fsp3) is 0.545. The molecule has 0 aliphatic heterocycles. The zero-order valence-corrected chi connectivity index (χ0v) is 9.16. The summed E-state index contributed by atoms with van der Waals surface area (Å²) in [6.45, 7) is 8.40.